The van der Waals surface area contributed by atoms with Crippen LogP contribution in [0, 0.1) is 11.3 Å². The number of nitrogens with zero attached hydrogens (tertiary/aromatic N) is 2. The maximum absolute atomic E-state index is 11.1. The van der Waals surface area contributed by atoms with Crippen LogP contribution in [0.4, 0.5) is 5.88 Å². The van der Waals surface area contributed by atoms with Gasteiger partial charge < -0.3 is 14.1 Å². The molecule has 5 nitrogen and oxygen atoms in total. The molecule has 1 aromatic rings. The van der Waals surface area contributed by atoms with Gasteiger partial charge in [0.1, 0.15) is 17.4 Å². The van der Waals surface area contributed by atoms with Crippen LogP contribution in [-0.2, 0) is 9.53 Å². The SMILES string of the molecule is COC(=O)/C(C#N)=C/c1ccc(N(C)C)o1. The number of anilines is 1. The van der Waals surface area contributed by atoms with E-state index in [1.54, 1.807) is 23.1 Å². The lowest BCUT2D eigenvalue weighted by molar-refractivity contribution is -0.135. The van der Waals surface area contributed by atoms with Gasteiger partial charge in [-0.2, -0.15) is 5.26 Å². The molecule has 1 rings (SSSR count). The monoisotopic (exact) mass is 220 g/mol. The highest BCUT2D eigenvalue weighted by molar-refractivity contribution is 5.97. The number of carbonyl (C=O) groups is 1. The third-order valence-electron chi connectivity index (χ3n) is 1.87. The second-order valence-electron chi connectivity index (χ2n) is 3.23. The van der Waals surface area contributed by atoms with Crippen molar-refractivity contribution >= 4 is 17.9 Å². The van der Waals surface area contributed by atoms with Crippen molar-refractivity contribution in [3.05, 3.63) is 23.5 Å². The molecular weight excluding hydrogens is 208 g/mol. The maximum Gasteiger partial charge on any atom is 0.348 e. The minimum atomic E-state index is -0.676. The number of nitriles is 1. The van der Waals surface area contributed by atoms with Crippen LogP contribution in [0.3, 0.4) is 0 Å². The highest BCUT2D eigenvalue weighted by atomic mass is 16.5. The summed E-state index contributed by atoms with van der Waals surface area (Å²) in [6.07, 6.45) is 1.35. The van der Waals surface area contributed by atoms with Gasteiger partial charge in [0.15, 0.2) is 5.88 Å². The average molecular weight is 220 g/mol. The topological polar surface area (TPSA) is 66.5 Å². The van der Waals surface area contributed by atoms with E-state index >= 15 is 0 Å². The zero-order chi connectivity index (χ0) is 12.1. The molecule has 0 unspecified atom stereocenters. The smallest absolute Gasteiger partial charge is 0.348 e. The normalized spacial score (nSPS) is 10.8. The fourth-order valence-electron chi connectivity index (χ4n) is 1.05. The van der Waals surface area contributed by atoms with Crippen LogP contribution in [0.15, 0.2) is 22.1 Å². The molecule has 16 heavy (non-hydrogen) atoms. The molecule has 0 amide bonds. The standard InChI is InChI=1S/C11H12N2O3/c1-13(2)10-5-4-9(16-10)6-8(7-12)11(14)15-3/h4-6H,1-3H3/b8-6+. The number of methoxy groups -OCH3 is 1. The highest BCUT2D eigenvalue weighted by Crippen LogP contribution is 2.18. The van der Waals surface area contributed by atoms with E-state index in [4.69, 9.17) is 9.68 Å². The number of rotatable bonds is 3. The van der Waals surface area contributed by atoms with Crippen molar-refractivity contribution < 1.29 is 13.9 Å². The summed E-state index contributed by atoms with van der Waals surface area (Å²) in [5.41, 5.74) is -0.0952. The molecule has 84 valence electrons. The number of ether oxygens (including phenoxy) is 1. The molecule has 0 saturated carbocycles. The van der Waals surface area contributed by atoms with Crippen LogP contribution in [0.5, 0.6) is 0 Å². The van der Waals surface area contributed by atoms with Crippen molar-refractivity contribution in [2.24, 2.45) is 0 Å². The van der Waals surface area contributed by atoms with Gasteiger partial charge in [0.05, 0.1) is 7.11 Å². The van der Waals surface area contributed by atoms with Crippen molar-refractivity contribution in [3.63, 3.8) is 0 Å². The third-order valence-corrected chi connectivity index (χ3v) is 1.87. The predicted molar refractivity (Wildman–Crippen MR) is 58.6 cm³/mol. The number of hydrogen-bond donors (Lipinski definition) is 0. The van der Waals surface area contributed by atoms with Gasteiger partial charge in [0.2, 0.25) is 0 Å². The number of esters is 1. The summed E-state index contributed by atoms with van der Waals surface area (Å²) < 4.78 is 9.81. The first-order valence-corrected chi connectivity index (χ1v) is 4.55. The second kappa shape index (κ2) is 5.03. The fourth-order valence-corrected chi connectivity index (χ4v) is 1.05. The van der Waals surface area contributed by atoms with Crippen LogP contribution in [-0.4, -0.2) is 27.2 Å². The van der Waals surface area contributed by atoms with Crippen molar-refractivity contribution in [1.29, 1.82) is 5.26 Å². The Labute approximate surface area is 93.5 Å². The quantitative estimate of drug-likeness (QED) is 0.438. The molecule has 0 bridgehead atoms. The second-order valence-corrected chi connectivity index (χ2v) is 3.23. The summed E-state index contributed by atoms with van der Waals surface area (Å²) in [4.78, 5) is 12.9. The highest BCUT2D eigenvalue weighted by Gasteiger charge is 2.10. The molecule has 5 heteroatoms. The van der Waals surface area contributed by atoms with Gasteiger partial charge in [-0.25, -0.2) is 4.79 Å². The zero-order valence-corrected chi connectivity index (χ0v) is 9.35. The molecule has 0 spiro atoms. The fraction of sp³-hybridized carbons (Fsp3) is 0.273. The molecule has 0 saturated heterocycles. The van der Waals surface area contributed by atoms with E-state index in [-0.39, 0.29) is 5.57 Å². The van der Waals surface area contributed by atoms with E-state index in [0.29, 0.717) is 11.6 Å². The molecule has 0 atom stereocenters. The van der Waals surface area contributed by atoms with Gasteiger partial charge >= 0.3 is 5.97 Å². The first-order chi connectivity index (χ1) is 7.58. The lowest BCUT2D eigenvalue weighted by Gasteiger charge is -2.05. The molecule has 0 radical (unpaired) electrons. The average Bonchev–Trinajstić information content (AvgIpc) is 2.73. The number of hydrogen-bond acceptors (Lipinski definition) is 5. The molecule has 0 aromatic carbocycles. The van der Waals surface area contributed by atoms with Crippen LogP contribution >= 0.6 is 0 Å². The largest absolute Gasteiger partial charge is 0.465 e. The van der Waals surface area contributed by atoms with Crippen LogP contribution in [0.1, 0.15) is 5.76 Å². The Balaban J connectivity index is 2.97. The Hall–Kier alpha value is -2.22. The Morgan fingerprint density at radius 3 is 2.69 bits per heavy atom. The summed E-state index contributed by atoms with van der Waals surface area (Å²) in [5.74, 6) is 0.407. The van der Waals surface area contributed by atoms with E-state index in [1.807, 2.05) is 14.1 Å². The Morgan fingerprint density at radius 1 is 1.56 bits per heavy atom. The van der Waals surface area contributed by atoms with Crippen LogP contribution in [0.25, 0.3) is 6.08 Å². The van der Waals surface area contributed by atoms with E-state index in [2.05, 4.69) is 4.74 Å². The van der Waals surface area contributed by atoms with Gasteiger partial charge in [-0.05, 0) is 6.07 Å². The molecule has 1 aromatic heterocycles. The van der Waals surface area contributed by atoms with E-state index in [1.165, 1.54) is 13.2 Å². The van der Waals surface area contributed by atoms with Crippen molar-refractivity contribution in [3.8, 4) is 6.07 Å². The van der Waals surface area contributed by atoms with Gasteiger partial charge in [-0.1, -0.05) is 0 Å². The Bertz CT molecular complexity index is 452. The molecule has 1 heterocycles. The lowest BCUT2D eigenvalue weighted by Crippen LogP contribution is -2.06. The summed E-state index contributed by atoms with van der Waals surface area (Å²) in [6, 6.07) is 5.18. The van der Waals surface area contributed by atoms with Crippen molar-refractivity contribution in [1.82, 2.24) is 0 Å². The Morgan fingerprint density at radius 2 is 2.25 bits per heavy atom. The molecule has 0 aliphatic heterocycles. The van der Waals surface area contributed by atoms with Crippen LogP contribution < -0.4 is 4.90 Å². The predicted octanol–water partition coefficient (Wildman–Crippen LogP) is 1.43. The summed E-state index contributed by atoms with van der Waals surface area (Å²) in [6.45, 7) is 0. The third kappa shape index (κ3) is 2.64. The molecule has 0 aliphatic rings. The summed E-state index contributed by atoms with van der Waals surface area (Å²) in [7, 11) is 4.89. The van der Waals surface area contributed by atoms with Gasteiger partial charge in [-0.3, -0.25) is 0 Å². The van der Waals surface area contributed by atoms with Gasteiger partial charge in [0, 0.05) is 26.2 Å². The van der Waals surface area contributed by atoms with E-state index in [0.717, 1.165) is 0 Å². The minimum absolute atomic E-state index is 0.0952. The molecule has 0 fully saturated rings. The summed E-state index contributed by atoms with van der Waals surface area (Å²) in [5, 5.41) is 8.73. The Kier molecular flexibility index (Phi) is 3.72. The zero-order valence-electron chi connectivity index (χ0n) is 9.35. The summed E-state index contributed by atoms with van der Waals surface area (Å²) >= 11 is 0. The molecular formula is C11H12N2O3. The first-order valence-electron chi connectivity index (χ1n) is 4.55. The van der Waals surface area contributed by atoms with Gasteiger partial charge in [-0.15, -0.1) is 0 Å². The number of furan rings is 1. The van der Waals surface area contributed by atoms with E-state index in [9.17, 15) is 4.79 Å². The lowest BCUT2D eigenvalue weighted by atomic mass is 10.2. The molecule has 0 N–H and O–H groups in total. The van der Waals surface area contributed by atoms with Gasteiger partial charge in [0.25, 0.3) is 0 Å². The number of carbonyl (C=O) groups excluding carboxylic acids is 1. The first kappa shape index (κ1) is 11.9. The van der Waals surface area contributed by atoms with Crippen LogP contribution in [0.2, 0.25) is 0 Å². The maximum atomic E-state index is 11.1. The minimum Gasteiger partial charge on any atom is -0.465 e. The molecule has 0 aliphatic carbocycles. The van der Waals surface area contributed by atoms with Crippen molar-refractivity contribution in [2.45, 2.75) is 0 Å². The van der Waals surface area contributed by atoms with E-state index < -0.39 is 5.97 Å². The van der Waals surface area contributed by atoms with Crippen molar-refractivity contribution in [2.75, 3.05) is 26.1 Å².